The Morgan fingerprint density at radius 2 is 2.11 bits per heavy atom. The molecule has 18 heavy (non-hydrogen) atoms. The standard InChI is InChI=1S/C14H20N2O2/c1-4-10-8-11(16(3)15-10)9-13(17)14-7-6-12(5-2)18-14/h6-8,13,17H,4-5,9H2,1-3H3. The molecule has 0 bridgehead atoms. The van der Waals surface area contributed by atoms with E-state index < -0.39 is 6.10 Å². The number of aliphatic hydroxyl groups is 1. The zero-order valence-corrected chi connectivity index (χ0v) is 11.2. The second-order valence-electron chi connectivity index (χ2n) is 4.48. The van der Waals surface area contributed by atoms with E-state index in [4.69, 9.17) is 4.42 Å². The van der Waals surface area contributed by atoms with E-state index in [1.807, 2.05) is 36.9 Å². The summed E-state index contributed by atoms with van der Waals surface area (Å²) in [7, 11) is 1.90. The number of aromatic nitrogens is 2. The lowest BCUT2D eigenvalue weighted by molar-refractivity contribution is 0.146. The molecule has 0 radical (unpaired) electrons. The molecule has 1 N–H and O–H groups in total. The lowest BCUT2D eigenvalue weighted by Crippen LogP contribution is -2.05. The van der Waals surface area contributed by atoms with Crippen molar-refractivity contribution in [3.8, 4) is 0 Å². The van der Waals surface area contributed by atoms with Gasteiger partial charge in [0.25, 0.3) is 0 Å². The average Bonchev–Trinajstić information content (AvgIpc) is 2.96. The SMILES string of the molecule is CCc1cc(CC(O)c2ccc(CC)o2)n(C)n1. The van der Waals surface area contributed by atoms with Crippen LogP contribution in [0, 0.1) is 0 Å². The van der Waals surface area contributed by atoms with Crippen molar-refractivity contribution < 1.29 is 9.52 Å². The topological polar surface area (TPSA) is 51.2 Å². The molecule has 2 rings (SSSR count). The molecular formula is C14H20N2O2. The third kappa shape index (κ3) is 2.64. The molecule has 0 aliphatic carbocycles. The molecule has 98 valence electrons. The van der Waals surface area contributed by atoms with Gasteiger partial charge in [0.1, 0.15) is 17.6 Å². The first kappa shape index (κ1) is 12.9. The second-order valence-corrected chi connectivity index (χ2v) is 4.48. The van der Waals surface area contributed by atoms with Crippen LogP contribution in [0.2, 0.25) is 0 Å². The highest BCUT2D eigenvalue weighted by Crippen LogP contribution is 2.21. The highest BCUT2D eigenvalue weighted by atomic mass is 16.4. The molecule has 1 unspecified atom stereocenters. The molecule has 2 aromatic heterocycles. The molecule has 0 saturated carbocycles. The molecule has 0 aromatic carbocycles. The highest BCUT2D eigenvalue weighted by molar-refractivity contribution is 5.15. The van der Waals surface area contributed by atoms with Gasteiger partial charge in [0.2, 0.25) is 0 Å². The van der Waals surface area contributed by atoms with Crippen molar-refractivity contribution in [3.63, 3.8) is 0 Å². The Hall–Kier alpha value is -1.55. The van der Waals surface area contributed by atoms with Crippen LogP contribution in [0.15, 0.2) is 22.6 Å². The van der Waals surface area contributed by atoms with Crippen molar-refractivity contribution in [3.05, 3.63) is 41.1 Å². The van der Waals surface area contributed by atoms with Gasteiger partial charge in [0, 0.05) is 25.6 Å². The van der Waals surface area contributed by atoms with Crippen LogP contribution in [0.4, 0.5) is 0 Å². The van der Waals surface area contributed by atoms with E-state index in [0.29, 0.717) is 12.2 Å². The predicted molar refractivity (Wildman–Crippen MR) is 69.3 cm³/mol. The van der Waals surface area contributed by atoms with E-state index in [0.717, 1.165) is 30.0 Å². The van der Waals surface area contributed by atoms with E-state index in [2.05, 4.69) is 12.0 Å². The summed E-state index contributed by atoms with van der Waals surface area (Å²) in [5, 5.41) is 14.5. The zero-order valence-electron chi connectivity index (χ0n) is 11.2. The van der Waals surface area contributed by atoms with E-state index in [1.165, 1.54) is 0 Å². The van der Waals surface area contributed by atoms with Crippen LogP contribution in [0.25, 0.3) is 0 Å². The highest BCUT2D eigenvalue weighted by Gasteiger charge is 2.15. The van der Waals surface area contributed by atoms with Crippen molar-refractivity contribution in [2.45, 2.75) is 39.2 Å². The molecule has 0 aliphatic rings. The smallest absolute Gasteiger partial charge is 0.133 e. The molecule has 0 amide bonds. The number of aliphatic hydroxyl groups excluding tert-OH is 1. The number of hydrogen-bond donors (Lipinski definition) is 1. The summed E-state index contributed by atoms with van der Waals surface area (Å²) in [6, 6.07) is 5.80. The first-order valence-electron chi connectivity index (χ1n) is 6.42. The molecule has 1 atom stereocenters. The molecule has 2 heterocycles. The summed E-state index contributed by atoms with van der Waals surface area (Å²) in [4.78, 5) is 0. The fraction of sp³-hybridized carbons (Fsp3) is 0.500. The Kier molecular flexibility index (Phi) is 3.87. The van der Waals surface area contributed by atoms with Crippen LogP contribution in [-0.2, 0) is 26.3 Å². The molecule has 0 fully saturated rings. The van der Waals surface area contributed by atoms with Gasteiger partial charge in [-0.1, -0.05) is 13.8 Å². The summed E-state index contributed by atoms with van der Waals surface area (Å²) in [6.45, 7) is 4.10. The van der Waals surface area contributed by atoms with Gasteiger partial charge in [-0.3, -0.25) is 4.68 Å². The Bertz CT molecular complexity index is 514. The van der Waals surface area contributed by atoms with Gasteiger partial charge < -0.3 is 9.52 Å². The molecule has 4 heteroatoms. The Morgan fingerprint density at radius 3 is 2.67 bits per heavy atom. The Balaban J connectivity index is 2.10. The van der Waals surface area contributed by atoms with Crippen molar-refractivity contribution >= 4 is 0 Å². The maximum Gasteiger partial charge on any atom is 0.133 e. The van der Waals surface area contributed by atoms with E-state index in [1.54, 1.807) is 0 Å². The third-order valence-corrected chi connectivity index (χ3v) is 3.15. The Morgan fingerprint density at radius 1 is 1.33 bits per heavy atom. The summed E-state index contributed by atoms with van der Waals surface area (Å²) in [5.74, 6) is 1.54. The minimum absolute atomic E-state index is 0.528. The summed E-state index contributed by atoms with van der Waals surface area (Å²) >= 11 is 0. The van der Waals surface area contributed by atoms with Gasteiger partial charge in [0.15, 0.2) is 0 Å². The molecular weight excluding hydrogens is 228 g/mol. The number of hydrogen-bond acceptors (Lipinski definition) is 3. The van der Waals surface area contributed by atoms with Crippen molar-refractivity contribution in [1.82, 2.24) is 9.78 Å². The summed E-state index contributed by atoms with van der Waals surface area (Å²) in [5.41, 5.74) is 2.07. The number of rotatable bonds is 5. The van der Waals surface area contributed by atoms with Crippen LogP contribution in [-0.4, -0.2) is 14.9 Å². The van der Waals surface area contributed by atoms with Crippen molar-refractivity contribution in [2.24, 2.45) is 7.05 Å². The van der Waals surface area contributed by atoms with Crippen LogP contribution in [0.5, 0.6) is 0 Å². The number of nitrogens with zero attached hydrogens (tertiary/aromatic N) is 2. The molecule has 0 saturated heterocycles. The minimum Gasteiger partial charge on any atom is -0.463 e. The van der Waals surface area contributed by atoms with Gasteiger partial charge in [-0.2, -0.15) is 5.10 Å². The molecule has 0 aliphatic heterocycles. The summed E-state index contributed by atoms with van der Waals surface area (Å²) in [6.07, 6.45) is 1.67. The average molecular weight is 248 g/mol. The first-order chi connectivity index (χ1) is 8.63. The fourth-order valence-electron chi connectivity index (χ4n) is 2.00. The molecule has 4 nitrogen and oxygen atoms in total. The molecule has 0 spiro atoms. The normalized spacial score (nSPS) is 12.9. The monoisotopic (exact) mass is 248 g/mol. The van der Waals surface area contributed by atoms with Crippen LogP contribution in [0.1, 0.15) is 42.9 Å². The van der Waals surface area contributed by atoms with Crippen molar-refractivity contribution in [1.29, 1.82) is 0 Å². The minimum atomic E-state index is -0.606. The lowest BCUT2D eigenvalue weighted by atomic mass is 10.1. The first-order valence-corrected chi connectivity index (χ1v) is 6.42. The largest absolute Gasteiger partial charge is 0.463 e. The van der Waals surface area contributed by atoms with E-state index >= 15 is 0 Å². The quantitative estimate of drug-likeness (QED) is 0.884. The maximum atomic E-state index is 10.2. The number of aryl methyl sites for hydroxylation is 3. The second kappa shape index (κ2) is 5.40. The lowest BCUT2D eigenvalue weighted by Gasteiger charge is -2.07. The third-order valence-electron chi connectivity index (χ3n) is 3.15. The predicted octanol–water partition coefficient (Wildman–Crippen LogP) is 2.41. The number of furan rings is 1. The van der Waals surface area contributed by atoms with Gasteiger partial charge in [0.05, 0.1) is 5.69 Å². The van der Waals surface area contributed by atoms with Crippen LogP contribution >= 0.6 is 0 Å². The van der Waals surface area contributed by atoms with Crippen LogP contribution < -0.4 is 0 Å². The van der Waals surface area contributed by atoms with Crippen LogP contribution in [0.3, 0.4) is 0 Å². The van der Waals surface area contributed by atoms with Crippen molar-refractivity contribution in [2.75, 3.05) is 0 Å². The van der Waals surface area contributed by atoms with E-state index in [9.17, 15) is 5.11 Å². The summed E-state index contributed by atoms with van der Waals surface area (Å²) < 4.78 is 7.39. The zero-order chi connectivity index (χ0) is 13.1. The Labute approximate surface area is 107 Å². The maximum absolute atomic E-state index is 10.2. The van der Waals surface area contributed by atoms with Gasteiger partial charge in [-0.25, -0.2) is 0 Å². The fourth-order valence-corrected chi connectivity index (χ4v) is 2.00. The van der Waals surface area contributed by atoms with Gasteiger partial charge in [-0.05, 0) is 24.6 Å². The molecule has 2 aromatic rings. The van der Waals surface area contributed by atoms with Gasteiger partial charge in [-0.15, -0.1) is 0 Å². The van der Waals surface area contributed by atoms with E-state index in [-0.39, 0.29) is 0 Å². The van der Waals surface area contributed by atoms with Gasteiger partial charge >= 0.3 is 0 Å².